The highest BCUT2D eigenvalue weighted by Gasteiger charge is 2.37. The number of hydrogen-bond acceptors (Lipinski definition) is 5. The van der Waals surface area contributed by atoms with Crippen LogP contribution in [0.1, 0.15) is 31.4 Å². The van der Waals surface area contributed by atoms with Gasteiger partial charge in [0.15, 0.2) is 0 Å². The number of imide groups is 1. The number of benzene rings is 2. The van der Waals surface area contributed by atoms with Crippen molar-refractivity contribution in [3.8, 4) is 0 Å². The Hall–Kier alpha value is -3.39. The Balaban J connectivity index is 1.61. The lowest BCUT2D eigenvalue weighted by Crippen LogP contribution is -2.35. The predicted molar refractivity (Wildman–Crippen MR) is 126 cm³/mol. The normalized spacial score (nSPS) is 16.1. The molecule has 0 spiro atoms. The molecular weight excluding hydrogens is 443 g/mol. The van der Waals surface area contributed by atoms with E-state index >= 15 is 0 Å². The second kappa shape index (κ2) is 9.62. The second-order valence-corrected chi connectivity index (χ2v) is 8.79. The molecule has 4 rings (SSSR count). The molecule has 0 N–H and O–H groups in total. The number of ether oxygens (including phenoxy) is 1. The summed E-state index contributed by atoms with van der Waals surface area (Å²) in [5.74, 6) is -1.44. The third-order valence-electron chi connectivity index (χ3n) is 5.47. The van der Waals surface area contributed by atoms with Crippen LogP contribution < -0.4 is 0 Å². The molecule has 170 valence electrons. The van der Waals surface area contributed by atoms with Gasteiger partial charge in [-0.2, -0.15) is 0 Å². The summed E-state index contributed by atoms with van der Waals surface area (Å²) in [6.07, 6.45) is 3.84. The number of amides is 2. The number of esters is 1. The Bertz CT molecular complexity index is 1270. The van der Waals surface area contributed by atoms with Gasteiger partial charge in [0.1, 0.15) is 12.4 Å². The van der Waals surface area contributed by atoms with Crippen LogP contribution in [0.25, 0.3) is 17.0 Å². The molecule has 2 heterocycles. The van der Waals surface area contributed by atoms with Crippen molar-refractivity contribution in [3.63, 3.8) is 0 Å². The molecule has 1 fully saturated rings. The van der Waals surface area contributed by atoms with E-state index in [0.29, 0.717) is 18.5 Å². The molecule has 3 aromatic rings. The van der Waals surface area contributed by atoms with Gasteiger partial charge in [-0.25, -0.2) is 4.39 Å². The Kier molecular flexibility index (Phi) is 6.65. The van der Waals surface area contributed by atoms with Crippen molar-refractivity contribution in [2.75, 3.05) is 6.54 Å². The predicted octanol–water partition coefficient (Wildman–Crippen LogP) is 5.21. The molecule has 0 unspecified atom stereocenters. The van der Waals surface area contributed by atoms with Crippen molar-refractivity contribution in [1.82, 2.24) is 9.47 Å². The Morgan fingerprint density at radius 2 is 1.88 bits per heavy atom. The van der Waals surface area contributed by atoms with Crippen LogP contribution in [0.3, 0.4) is 0 Å². The van der Waals surface area contributed by atoms with Crippen LogP contribution in [-0.4, -0.2) is 39.2 Å². The van der Waals surface area contributed by atoms with E-state index in [0.717, 1.165) is 33.1 Å². The zero-order valence-electron chi connectivity index (χ0n) is 18.3. The second-order valence-electron chi connectivity index (χ2n) is 7.80. The van der Waals surface area contributed by atoms with Crippen molar-refractivity contribution in [1.29, 1.82) is 0 Å². The van der Waals surface area contributed by atoms with E-state index in [1.165, 1.54) is 6.07 Å². The van der Waals surface area contributed by atoms with Crippen molar-refractivity contribution >= 4 is 45.9 Å². The minimum absolute atomic E-state index is 0.227. The van der Waals surface area contributed by atoms with Gasteiger partial charge in [0.2, 0.25) is 0 Å². The number of carbonyl (C=O) groups is 3. The van der Waals surface area contributed by atoms with Gasteiger partial charge in [-0.3, -0.25) is 19.3 Å². The zero-order valence-corrected chi connectivity index (χ0v) is 19.1. The highest BCUT2D eigenvalue weighted by atomic mass is 32.2. The maximum absolute atomic E-state index is 14.2. The molecule has 1 saturated heterocycles. The number of nitrogens with zero attached hydrogens (tertiary/aromatic N) is 2. The van der Waals surface area contributed by atoms with Gasteiger partial charge < -0.3 is 9.30 Å². The smallest absolute Gasteiger partial charge is 0.326 e. The molecule has 0 bridgehead atoms. The lowest BCUT2D eigenvalue weighted by atomic mass is 10.1. The molecule has 8 heteroatoms. The molecule has 1 aliphatic heterocycles. The van der Waals surface area contributed by atoms with E-state index in [2.05, 4.69) is 0 Å². The van der Waals surface area contributed by atoms with E-state index in [-0.39, 0.29) is 16.8 Å². The number of hydrogen-bond donors (Lipinski definition) is 0. The van der Waals surface area contributed by atoms with Crippen LogP contribution in [0, 0.1) is 5.82 Å². The van der Waals surface area contributed by atoms with Gasteiger partial charge in [0.05, 0.1) is 17.6 Å². The van der Waals surface area contributed by atoms with Crippen LogP contribution in [0.2, 0.25) is 0 Å². The summed E-state index contributed by atoms with van der Waals surface area (Å²) in [6, 6.07) is 14.2. The first kappa shape index (κ1) is 22.8. The van der Waals surface area contributed by atoms with E-state index in [9.17, 15) is 18.8 Å². The number of para-hydroxylation sites is 1. The molecular formula is C25H23FN2O4S. The summed E-state index contributed by atoms with van der Waals surface area (Å²) in [4.78, 5) is 38.4. The molecule has 1 aromatic heterocycles. The van der Waals surface area contributed by atoms with Crippen molar-refractivity contribution in [2.45, 2.75) is 32.9 Å². The number of aromatic nitrogens is 1. The highest BCUT2D eigenvalue weighted by Crippen LogP contribution is 2.34. The number of rotatable bonds is 7. The average molecular weight is 467 g/mol. The van der Waals surface area contributed by atoms with E-state index in [4.69, 9.17) is 4.74 Å². The fourth-order valence-electron chi connectivity index (χ4n) is 3.58. The average Bonchev–Trinajstić information content (AvgIpc) is 3.27. The first-order valence-electron chi connectivity index (χ1n) is 10.6. The monoisotopic (exact) mass is 466 g/mol. The Labute approximate surface area is 195 Å². The van der Waals surface area contributed by atoms with Gasteiger partial charge in [-0.15, -0.1) is 0 Å². The van der Waals surface area contributed by atoms with E-state index in [1.807, 2.05) is 42.0 Å². The number of halogens is 1. The maximum atomic E-state index is 14.2. The van der Waals surface area contributed by atoms with Gasteiger partial charge >= 0.3 is 5.97 Å². The first-order chi connectivity index (χ1) is 15.9. The summed E-state index contributed by atoms with van der Waals surface area (Å²) >= 11 is 0.789. The zero-order chi connectivity index (χ0) is 23.5. The minimum atomic E-state index is -0.616. The van der Waals surface area contributed by atoms with Gasteiger partial charge in [0, 0.05) is 28.2 Å². The quantitative estimate of drug-likeness (QED) is 0.353. The van der Waals surface area contributed by atoms with Gasteiger partial charge in [-0.1, -0.05) is 43.3 Å². The Morgan fingerprint density at radius 1 is 1.15 bits per heavy atom. The first-order valence-corrected chi connectivity index (χ1v) is 11.4. The van der Waals surface area contributed by atoms with Crippen molar-refractivity contribution in [2.24, 2.45) is 0 Å². The number of carbonyl (C=O) groups excluding carboxylic acids is 3. The highest BCUT2D eigenvalue weighted by molar-refractivity contribution is 8.18. The van der Waals surface area contributed by atoms with Gasteiger partial charge in [-0.05, 0) is 43.3 Å². The molecule has 0 saturated carbocycles. The summed E-state index contributed by atoms with van der Waals surface area (Å²) < 4.78 is 21.3. The Morgan fingerprint density at radius 3 is 2.64 bits per heavy atom. The SMILES string of the molecule is CC[C@H](C)OC(=O)CN1C(=O)S/C(=C\c2cn(Cc3ccccc3F)c3ccccc23)C1=O. The molecule has 2 amide bonds. The summed E-state index contributed by atoms with van der Waals surface area (Å²) in [5.41, 5.74) is 2.16. The summed E-state index contributed by atoms with van der Waals surface area (Å²) in [7, 11) is 0. The van der Waals surface area contributed by atoms with Crippen LogP contribution in [0.4, 0.5) is 9.18 Å². The molecule has 1 aliphatic rings. The topological polar surface area (TPSA) is 68.6 Å². The van der Waals surface area contributed by atoms with Crippen molar-refractivity contribution < 1.29 is 23.5 Å². The summed E-state index contributed by atoms with van der Waals surface area (Å²) in [5, 5.41) is 0.360. The minimum Gasteiger partial charge on any atom is -0.461 e. The van der Waals surface area contributed by atoms with Crippen LogP contribution >= 0.6 is 11.8 Å². The van der Waals surface area contributed by atoms with Crippen LogP contribution in [-0.2, 0) is 20.9 Å². The lowest BCUT2D eigenvalue weighted by molar-refractivity contribution is -0.150. The van der Waals surface area contributed by atoms with Crippen LogP contribution in [0.5, 0.6) is 0 Å². The largest absolute Gasteiger partial charge is 0.461 e. The van der Waals surface area contributed by atoms with E-state index in [1.54, 1.807) is 31.2 Å². The standard InChI is InChI=1S/C25H23FN2O4S/c1-3-16(2)32-23(29)15-28-24(30)22(33-25(28)31)12-18-14-27(21-11-7-5-9-19(18)21)13-17-8-4-6-10-20(17)26/h4-12,14,16H,3,13,15H2,1-2H3/b22-12-/t16-/m0/s1. The third-order valence-corrected chi connectivity index (χ3v) is 6.38. The van der Waals surface area contributed by atoms with Crippen molar-refractivity contribution in [3.05, 3.63) is 76.6 Å². The molecule has 1 atom stereocenters. The third kappa shape index (κ3) is 4.85. The fourth-order valence-corrected chi connectivity index (χ4v) is 4.41. The molecule has 6 nitrogen and oxygen atoms in total. The number of fused-ring (bicyclic) bond motifs is 1. The van der Waals surface area contributed by atoms with Crippen LogP contribution in [0.15, 0.2) is 59.6 Å². The molecule has 0 radical (unpaired) electrons. The molecule has 33 heavy (non-hydrogen) atoms. The van der Waals surface area contributed by atoms with E-state index < -0.39 is 23.7 Å². The maximum Gasteiger partial charge on any atom is 0.326 e. The number of thioether (sulfide) groups is 1. The fraction of sp³-hybridized carbons (Fsp3) is 0.240. The lowest BCUT2D eigenvalue weighted by Gasteiger charge is -2.14. The molecule has 0 aliphatic carbocycles. The van der Waals surface area contributed by atoms with Gasteiger partial charge in [0.25, 0.3) is 11.1 Å². The molecule has 2 aromatic carbocycles. The summed E-state index contributed by atoms with van der Waals surface area (Å²) in [6.45, 7) is 3.54.